The SMILES string of the molecule is N#Cc1c(N=Cc2ccccc2C(F)(F)F)sc2c1CCCC2. The average Bonchev–Trinajstić information content (AvgIpc) is 2.89. The van der Waals surface area contributed by atoms with Crippen LogP contribution in [-0.4, -0.2) is 6.21 Å². The highest BCUT2D eigenvalue weighted by atomic mass is 32.1. The van der Waals surface area contributed by atoms with Gasteiger partial charge in [0, 0.05) is 16.7 Å². The third kappa shape index (κ3) is 3.15. The number of hydrogen-bond donors (Lipinski definition) is 0. The molecule has 118 valence electrons. The van der Waals surface area contributed by atoms with Crippen LogP contribution in [0.25, 0.3) is 0 Å². The smallest absolute Gasteiger partial charge is 0.244 e. The Kier molecular flexibility index (Phi) is 4.22. The van der Waals surface area contributed by atoms with Crippen LogP contribution in [0.2, 0.25) is 0 Å². The van der Waals surface area contributed by atoms with Crippen LogP contribution in [0.4, 0.5) is 18.2 Å². The Labute approximate surface area is 135 Å². The van der Waals surface area contributed by atoms with E-state index >= 15 is 0 Å². The van der Waals surface area contributed by atoms with Gasteiger partial charge in [0.25, 0.3) is 0 Å². The van der Waals surface area contributed by atoms with Gasteiger partial charge in [-0.15, -0.1) is 11.3 Å². The van der Waals surface area contributed by atoms with Crippen LogP contribution in [0.1, 0.15) is 40.0 Å². The molecule has 2 nitrogen and oxygen atoms in total. The number of thiophene rings is 1. The van der Waals surface area contributed by atoms with Gasteiger partial charge in [-0.05, 0) is 37.3 Å². The summed E-state index contributed by atoms with van der Waals surface area (Å²) < 4.78 is 39.0. The van der Waals surface area contributed by atoms with E-state index in [2.05, 4.69) is 11.1 Å². The van der Waals surface area contributed by atoms with E-state index in [9.17, 15) is 18.4 Å². The normalized spacial score (nSPS) is 14.7. The van der Waals surface area contributed by atoms with Crippen LogP contribution in [0.5, 0.6) is 0 Å². The maximum absolute atomic E-state index is 13.0. The Morgan fingerprint density at radius 3 is 2.65 bits per heavy atom. The van der Waals surface area contributed by atoms with E-state index in [0.717, 1.165) is 42.2 Å². The monoisotopic (exact) mass is 334 g/mol. The third-order valence-electron chi connectivity index (χ3n) is 3.85. The largest absolute Gasteiger partial charge is 0.417 e. The lowest BCUT2D eigenvalue weighted by atomic mass is 9.96. The van der Waals surface area contributed by atoms with Gasteiger partial charge in [-0.2, -0.15) is 18.4 Å². The van der Waals surface area contributed by atoms with Crippen molar-refractivity contribution in [3.8, 4) is 6.07 Å². The van der Waals surface area contributed by atoms with Crippen molar-refractivity contribution in [3.63, 3.8) is 0 Å². The van der Waals surface area contributed by atoms with E-state index in [4.69, 9.17) is 0 Å². The molecule has 0 saturated carbocycles. The van der Waals surface area contributed by atoms with Crippen molar-refractivity contribution in [2.45, 2.75) is 31.9 Å². The molecule has 0 aliphatic heterocycles. The van der Waals surface area contributed by atoms with Crippen molar-refractivity contribution in [1.82, 2.24) is 0 Å². The molecular weight excluding hydrogens is 321 g/mol. The van der Waals surface area contributed by atoms with Crippen LogP contribution in [-0.2, 0) is 19.0 Å². The zero-order chi connectivity index (χ0) is 16.4. The second-order valence-corrected chi connectivity index (χ2v) is 6.43. The van der Waals surface area contributed by atoms with Crippen molar-refractivity contribution in [1.29, 1.82) is 5.26 Å². The first-order chi connectivity index (χ1) is 11.0. The zero-order valence-electron chi connectivity index (χ0n) is 12.2. The number of nitriles is 1. The molecule has 0 fully saturated rings. The summed E-state index contributed by atoms with van der Waals surface area (Å²) in [5.74, 6) is 0. The van der Waals surface area contributed by atoms with Crippen molar-refractivity contribution >= 4 is 22.6 Å². The highest BCUT2D eigenvalue weighted by molar-refractivity contribution is 7.16. The fourth-order valence-electron chi connectivity index (χ4n) is 2.75. The number of aryl methyl sites for hydroxylation is 1. The molecule has 0 amide bonds. The summed E-state index contributed by atoms with van der Waals surface area (Å²) in [6.07, 6.45) is 0.681. The fraction of sp³-hybridized carbons (Fsp3) is 0.294. The highest BCUT2D eigenvalue weighted by Crippen LogP contribution is 2.39. The number of fused-ring (bicyclic) bond motifs is 1. The summed E-state index contributed by atoms with van der Waals surface area (Å²) in [6.45, 7) is 0. The first kappa shape index (κ1) is 15.8. The molecule has 0 saturated heterocycles. The van der Waals surface area contributed by atoms with Crippen LogP contribution < -0.4 is 0 Å². The fourth-order valence-corrected chi connectivity index (χ4v) is 3.94. The first-order valence-corrected chi connectivity index (χ1v) is 8.07. The topological polar surface area (TPSA) is 36.1 Å². The third-order valence-corrected chi connectivity index (χ3v) is 5.05. The Balaban J connectivity index is 1.99. The highest BCUT2D eigenvalue weighted by Gasteiger charge is 2.32. The molecule has 0 bridgehead atoms. The van der Waals surface area contributed by atoms with E-state index in [-0.39, 0.29) is 5.56 Å². The van der Waals surface area contributed by atoms with E-state index in [1.165, 1.54) is 29.7 Å². The molecule has 0 N–H and O–H groups in total. The molecule has 1 aliphatic rings. The summed E-state index contributed by atoms with van der Waals surface area (Å²) in [4.78, 5) is 5.34. The Hall–Kier alpha value is -2.13. The molecule has 1 aromatic heterocycles. The standard InChI is InChI=1S/C17H13F3N2S/c18-17(19,20)14-7-3-1-5-11(14)10-22-16-13(9-21)12-6-2-4-8-15(12)23-16/h1,3,5,7,10H,2,4,6,8H2. The maximum atomic E-state index is 13.0. The van der Waals surface area contributed by atoms with Gasteiger partial charge in [-0.3, -0.25) is 0 Å². The second kappa shape index (κ2) is 6.17. The number of rotatable bonds is 2. The van der Waals surface area contributed by atoms with Crippen LogP contribution in [0.15, 0.2) is 29.3 Å². The molecule has 0 radical (unpaired) electrons. The molecule has 0 spiro atoms. The molecule has 1 aliphatic carbocycles. The van der Waals surface area contributed by atoms with Gasteiger partial charge in [0.2, 0.25) is 0 Å². The van der Waals surface area contributed by atoms with Gasteiger partial charge in [-0.25, -0.2) is 4.99 Å². The van der Waals surface area contributed by atoms with Gasteiger partial charge < -0.3 is 0 Å². The quantitative estimate of drug-likeness (QED) is 0.689. The van der Waals surface area contributed by atoms with Crippen LogP contribution >= 0.6 is 11.3 Å². The maximum Gasteiger partial charge on any atom is 0.417 e. The predicted molar refractivity (Wildman–Crippen MR) is 84.4 cm³/mol. The molecule has 1 heterocycles. The van der Waals surface area contributed by atoms with Gasteiger partial charge in [-0.1, -0.05) is 18.2 Å². The Bertz CT molecular complexity index is 797. The molecule has 3 rings (SSSR count). The molecular formula is C17H13F3N2S. The van der Waals surface area contributed by atoms with E-state index in [0.29, 0.717) is 10.6 Å². The lowest BCUT2D eigenvalue weighted by Crippen LogP contribution is -2.08. The average molecular weight is 334 g/mol. The molecule has 23 heavy (non-hydrogen) atoms. The number of benzene rings is 1. The summed E-state index contributed by atoms with van der Waals surface area (Å²) in [6, 6.07) is 7.47. The molecule has 6 heteroatoms. The lowest BCUT2D eigenvalue weighted by molar-refractivity contribution is -0.137. The molecule has 1 aromatic carbocycles. The van der Waals surface area contributed by atoms with Crippen molar-refractivity contribution in [3.05, 3.63) is 51.4 Å². The minimum atomic E-state index is -4.42. The summed E-state index contributed by atoms with van der Waals surface area (Å²) >= 11 is 1.42. The summed E-state index contributed by atoms with van der Waals surface area (Å²) in [7, 11) is 0. The molecule has 2 aromatic rings. The first-order valence-electron chi connectivity index (χ1n) is 7.25. The lowest BCUT2D eigenvalue weighted by Gasteiger charge is -2.09. The Morgan fingerprint density at radius 2 is 1.91 bits per heavy atom. The predicted octanol–water partition coefficient (Wildman–Crippen LogP) is 5.27. The van der Waals surface area contributed by atoms with Crippen LogP contribution in [0.3, 0.4) is 0 Å². The van der Waals surface area contributed by atoms with Crippen molar-refractivity contribution < 1.29 is 13.2 Å². The zero-order valence-corrected chi connectivity index (χ0v) is 13.0. The number of nitrogens with zero attached hydrogens (tertiary/aromatic N) is 2. The van der Waals surface area contributed by atoms with E-state index in [1.807, 2.05) is 0 Å². The summed E-state index contributed by atoms with van der Waals surface area (Å²) in [5.41, 5.74) is 0.837. The minimum Gasteiger partial charge on any atom is -0.244 e. The van der Waals surface area contributed by atoms with E-state index in [1.54, 1.807) is 6.07 Å². The number of aliphatic imine (C=N–C) groups is 1. The van der Waals surface area contributed by atoms with Gasteiger partial charge in [0.15, 0.2) is 0 Å². The van der Waals surface area contributed by atoms with Crippen molar-refractivity contribution in [2.24, 2.45) is 4.99 Å². The van der Waals surface area contributed by atoms with Gasteiger partial charge in [0.05, 0.1) is 11.1 Å². The minimum absolute atomic E-state index is 0.00950. The number of hydrogen-bond acceptors (Lipinski definition) is 3. The van der Waals surface area contributed by atoms with Crippen LogP contribution in [0, 0.1) is 11.3 Å². The van der Waals surface area contributed by atoms with Gasteiger partial charge >= 0.3 is 6.18 Å². The van der Waals surface area contributed by atoms with Gasteiger partial charge in [0.1, 0.15) is 11.1 Å². The Morgan fingerprint density at radius 1 is 1.17 bits per heavy atom. The molecule has 0 atom stereocenters. The van der Waals surface area contributed by atoms with Crippen molar-refractivity contribution in [2.75, 3.05) is 0 Å². The summed E-state index contributed by atoms with van der Waals surface area (Å²) in [5, 5.41) is 9.86. The molecule has 0 unspecified atom stereocenters. The number of alkyl halides is 3. The number of halogens is 3. The second-order valence-electron chi connectivity index (χ2n) is 5.35. The van der Waals surface area contributed by atoms with E-state index < -0.39 is 11.7 Å².